The Morgan fingerprint density at radius 2 is 1.94 bits per heavy atom. The zero-order chi connectivity index (χ0) is 23.5. The van der Waals surface area contributed by atoms with Gasteiger partial charge in [-0.15, -0.1) is 0 Å². The lowest BCUT2D eigenvalue weighted by molar-refractivity contribution is -0.121. The van der Waals surface area contributed by atoms with Gasteiger partial charge in [0.2, 0.25) is 11.7 Å². The van der Waals surface area contributed by atoms with Gasteiger partial charge in [-0.05, 0) is 47.5 Å². The Morgan fingerprint density at radius 1 is 1.09 bits per heavy atom. The number of H-pyrrole nitrogens is 1. The van der Waals surface area contributed by atoms with Gasteiger partial charge >= 0.3 is 0 Å². The SMILES string of the molecule is COc1cc([C@H](CC(=O)NCc2ccco2)c2c[nH]c3cccc(OC)c23)cc2c1OCCO2. The first-order chi connectivity index (χ1) is 16.7. The van der Waals surface area contributed by atoms with E-state index in [0.29, 0.717) is 42.8 Å². The molecule has 176 valence electrons. The number of nitrogens with one attached hydrogen (secondary N) is 2. The van der Waals surface area contributed by atoms with Gasteiger partial charge in [-0.2, -0.15) is 0 Å². The highest BCUT2D eigenvalue weighted by Crippen LogP contribution is 2.45. The van der Waals surface area contributed by atoms with E-state index in [1.54, 1.807) is 26.5 Å². The molecule has 3 heterocycles. The fourth-order valence-corrected chi connectivity index (χ4v) is 4.38. The average molecular weight is 463 g/mol. The van der Waals surface area contributed by atoms with Crippen LogP contribution in [0, 0.1) is 0 Å². The molecule has 0 bridgehead atoms. The molecule has 0 radical (unpaired) electrons. The van der Waals surface area contributed by atoms with E-state index in [0.717, 1.165) is 27.8 Å². The van der Waals surface area contributed by atoms with Gasteiger partial charge in [-0.25, -0.2) is 0 Å². The molecule has 1 aliphatic rings. The molecule has 1 aliphatic heterocycles. The first-order valence-corrected chi connectivity index (χ1v) is 11.1. The van der Waals surface area contributed by atoms with Gasteiger partial charge in [0.05, 0.1) is 27.0 Å². The van der Waals surface area contributed by atoms with Gasteiger partial charge in [-0.3, -0.25) is 4.79 Å². The number of hydrogen-bond donors (Lipinski definition) is 2. The summed E-state index contributed by atoms with van der Waals surface area (Å²) in [7, 11) is 3.24. The van der Waals surface area contributed by atoms with Crippen molar-refractivity contribution in [3.63, 3.8) is 0 Å². The van der Waals surface area contributed by atoms with Crippen molar-refractivity contribution in [3.05, 3.63) is 71.8 Å². The van der Waals surface area contributed by atoms with E-state index in [1.807, 2.05) is 42.6 Å². The molecule has 2 aromatic heterocycles. The van der Waals surface area contributed by atoms with Crippen LogP contribution in [0.2, 0.25) is 0 Å². The van der Waals surface area contributed by atoms with Crippen molar-refractivity contribution in [2.24, 2.45) is 0 Å². The van der Waals surface area contributed by atoms with E-state index in [4.69, 9.17) is 23.4 Å². The molecule has 0 saturated heterocycles. The quantitative estimate of drug-likeness (QED) is 0.403. The standard InChI is InChI=1S/C26H26N2O6/c1-30-21-7-3-6-20-25(21)19(15-27-20)18(13-24(29)28-14-17-5-4-8-32-17)16-11-22(31-2)26-23(12-16)33-9-10-34-26/h3-8,11-12,15,18,27H,9-10,13-14H2,1-2H3,(H,28,29)/t18-/m0/s1. The average Bonchev–Trinajstić information content (AvgIpc) is 3.55. The summed E-state index contributed by atoms with van der Waals surface area (Å²) in [5.41, 5.74) is 2.75. The predicted molar refractivity (Wildman–Crippen MR) is 126 cm³/mol. The van der Waals surface area contributed by atoms with Gasteiger partial charge in [-0.1, -0.05) is 6.07 Å². The number of hydrogen-bond acceptors (Lipinski definition) is 6. The summed E-state index contributed by atoms with van der Waals surface area (Å²) in [4.78, 5) is 16.4. The van der Waals surface area contributed by atoms with Crippen molar-refractivity contribution in [1.29, 1.82) is 0 Å². The van der Waals surface area contributed by atoms with Crippen LogP contribution in [0.25, 0.3) is 10.9 Å². The number of carbonyl (C=O) groups excluding carboxylic acids is 1. The molecule has 2 aromatic carbocycles. The van der Waals surface area contributed by atoms with Crippen LogP contribution < -0.4 is 24.3 Å². The molecule has 0 spiro atoms. The van der Waals surface area contributed by atoms with Crippen LogP contribution in [-0.4, -0.2) is 38.3 Å². The normalized spacial score (nSPS) is 13.5. The van der Waals surface area contributed by atoms with Crippen molar-refractivity contribution >= 4 is 16.8 Å². The highest BCUT2D eigenvalue weighted by Gasteiger charge is 2.27. The maximum absolute atomic E-state index is 13.1. The van der Waals surface area contributed by atoms with Crippen LogP contribution >= 0.6 is 0 Å². The molecule has 0 unspecified atom stereocenters. The lowest BCUT2D eigenvalue weighted by Crippen LogP contribution is -2.25. The van der Waals surface area contributed by atoms with E-state index in [9.17, 15) is 4.79 Å². The Kier molecular flexibility index (Phi) is 6.03. The van der Waals surface area contributed by atoms with Gasteiger partial charge in [0.1, 0.15) is 24.7 Å². The van der Waals surface area contributed by atoms with Crippen molar-refractivity contribution in [2.45, 2.75) is 18.9 Å². The van der Waals surface area contributed by atoms with Crippen molar-refractivity contribution in [2.75, 3.05) is 27.4 Å². The molecule has 0 fully saturated rings. The number of aromatic nitrogens is 1. The largest absolute Gasteiger partial charge is 0.496 e. The number of amides is 1. The Labute approximate surface area is 196 Å². The zero-order valence-corrected chi connectivity index (χ0v) is 19.1. The summed E-state index contributed by atoms with van der Waals surface area (Å²) in [6.07, 6.45) is 3.72. The molecule has 8 nitrogen and oxygen atoms in total. The topological polar surface area (TPSA) is 95.0 Å². The van der Waals surface area contributed by atoms with Gasteiger partial charge < -0.3 is 33.7 Å². The molecule has 1 amide bonds. The van der Waals surface area contributed by atoms with Crippen LogP contribution in [0.1, 0.15) is 29.2 Å². The number of fused-ring (bicyclic) bond motifs is 2. The molecule has 0 saturated carbocycles. The summed E-state index contributed by atoms with van der Waals surface area (Å²) in [6, 6.07) is 13.3. The molecule has 5 rings (SSSR count). The maximum Gasteiger partial charge on any atom is 0.221 e. The van der Waals surface area contributed by atoms with E-state index in [-0.39, 0.29) is 18.2 Å². The number of benzene rings is 2. The van der Waals surface area contributed by atoms with E-state index in [1.165, 1.54) is 0 Å². The van der Waals surface area contributed by atoms with Crippen LogP contribution in [0.3, 0.4) is 0 Å². The minimum absolute atomic E-state index is 0.112. The van der Waals surface area contributed by atoms with Crippen LogP contribution in [0.15, 0.2) is 59.3 Å². The minimum Gasteiger partial charge on any atom is -0.496 e. The third-order valence-corrected chi connectivity index (χ3v) is 5.98. The first-order valence-electron chi connectivity index (χ1n) is 11.1. The van der Waals surface area contributed by atoms with E-state index in [2.05, 4.69) is 10.3 Å². The monoisotopic (exact) mass is 462 g/mol. The van der Waals surface area contributed by atoms with Crippen LogP contribution in [-0.2, 0) is 11.3 Å². The Balaban J connectivity index is 1.56. The summed E-state index contributed by atoms with van der Waals surface area (Å²) in [6.45, 7) is 1.23. The summed E-state index contributed by atoms with van der Waals surface area (Å²) < 4.78 is 28.2. The lowest BCUT2D eigenvalue weighted by atomic mass is 9.87. The Hall–Kier alpha value is -4.07. The number of rotatable bonds is 8. The summed E-state index contributed by atoms with van der Waals surface area (Å²) in [5.74, 6) is 2.77. The molecule has 34 heavy (non-hydrogen) atoms. The lowest BCUT2D eigenvalue weighted by Gasteiger charge is -2.24. The third-order valence-electron chi connectivity index (χ3n) is 5.98. The van der Waals surface area contributed by atoms with Gasteiger partial charge in [0, 0.05) is 29.4 Å². The second-order valence-electron chi connectivity index (χ2n) is 7.99. The number of ether oxygens (including phenoxy) is 4. The first kappa shape index (κ1) is 21.8. The molecule has 2 N–H and O–H groups in total. The van der Waals surface area contributed by atoms with Crippen molar-refractivity contribution < 1.29 is 28.2 Å². The Bertz CT molecular complexity index is 1280. The van der Waals surface area contributed by atoms with E-state index < -0.39 is 0 Å². The smallest absolute Gasteiger partial charge is 0.221 e. The van der Waals surface area contributed by atoms with Gasteiger partial charge in [0.15, 0.2) is 11.5 Å². The van der Waals surface area contributed by atoms with E-state index >= 15 is 0 Å². The zero-order valence-electron chi connectivity index (χ0n) is 19.1. The predicted octanol–water partition coefficient (Wildman–Crippen LogP) is 4.39. The second kappa shape index (κ2) is 9.43. The van der Waals surface area contributed by atoms with Gasteiger partial charge in [0.25, 0.3) is 0 Å². The fourth-order valence-electron chi connectivity index (χ4n) is 4.38. The number of aromatic amines is 1. The van der Waals surface area contributed by atoms with Crippen LogP contribution in [0.5, 0.6) is 23.0 Å². The molecule has 0 aliphatic carbocycles. The number of methoxy groups -OCH3 is 2. The summed E-state index contributed by atoms with van der Waals surface area (Å²) >= 11 is 0. The third kappa shape index (κ3) is 4.14. The minimum atomic E-state index is -0.300. The number of furan rings is 1. The maximum atomic E-state index is 13.1. The molecular formula is C26H26N2O6. The molecule has 8 heteroatoms. The van der Waals surface area contributed by atoms with Crippen LogP contribution in [0.4, 0.5) is 0 Å². The summed E-state index contributed by atoms with van der Waals surface area (Å²) in [5, 5.41) is 3.89. The highest BCUT2D eigenvalue weighted by molar-refractivity contribution is 5.91. The second-order valence-corrected chi connectivity index (χ2v) is 7.99. The molecular weight excluding hydrogens is 436 g/mol. The fraction of sp³-hybridized carbons (Fsp3) is 0.269. The molecule has 4 aromatic rings. The highest BCUT2D eigenvalue weighted by atomic mass is 16.6. The van der Waals surface area contributed by atoms with Crippen molar-refractivity contribution in [3.8, 4) is 23.0 Å². The Morgan fingerprint density at radius 3 is 2.74 bits per heavy atom. The molecule has 1 atom stereocenters. The van der Waals surface area contributed by atoms with Crippen molar-refractivity contribution in [1.82, 2.24) is 10.3 Å². The number of carbonyl (C=O) groups is 1.